The summed E-state index contributed by atoms with van der Waals surface area (Å²) in [5.74, 6) is 0.0918. The zero-order valence-corrected chi connectivity index (χ0v) is 16.0. The van der Waals surface area contributed by atoms with Crippen LogP contribution in [0.15, 0.2) is 24.3 Å². The van der Waals surface area contributed by atoms with Gasteiger partial charge in [0.15, 0.2) is 0 Å². The van der Waals surface area contributed by atoms with Gasteiger partial charge in [-0.3, -0.25) is 4.79 Å². The van der Waals surface area contributed by atoms with Crippen LogP contribution in [0.3, 0.4) is 0 Å². The molecular weight excluding hydrogens is 315 g/mol. The maximum atomic E-state index is 12.8. The summed E-state index contributed by atoms with van der Waals surface area (Å²) in [5, 5.41) is 0. The summed E-state index contributed by atoms with van der Waals surface area (Å²) in [5.41, 5.74) is 0.844. The molecule has 0 unspecified atom stereocenters. The van der Waals surface area contributed by atoms with E-state index in [0.29, 0.717) is 5.56 Å². The van der Waals surface area contributed by atoms with Crippen molar-refractivity contribution >= 4 is 18.5 Å². The molecule has 0 radical (unpaired) electrons. The van der Waals surface area contributed by atoms with Crippen molar-refractivity contribution in [3.05, 3.63) is 29.8 Å². The first kappa shape index (κ1) is 18.4. The molecule has 0 N–H and O–H groups in total. The first-order valence-corrected chi connectivity index (χ1v) is 9.21. The van der Waals surface area contributed by atoms with Crippen molar-refractivity contribution in [3.63, 3.8) is 0 Å². The number of likely N-dealkylation sites (N-methyl/N-ethyl adjacent to an activating group) is 1. The molecule has 1 aromatic rings. The van der Waals surface area contributed by atoms with Gasteiger partial charge in [-0.15, -0.1) is 0 Å². The summed E-state index contributed by atoms with van der Waals surface area (Å²) in [4.78, 5) is 17.1. The van der Waals surface area contributed by atoms with E-state index in [0.717, 1.165) is 38.2 Å². The Morgan fingerprint density at radius 1 is 1.08 bits per heavy atom. The first-order valence-electron chi connectivity index (χ1n) is 9.21. The van der Waals surface area contributed by atoms with E-state index in [9.17, 15) is 4.79 Å². The van der Waals surface area contributed by atoms with Gasteiger partial charge in [0.1, 0.15) is 0 Å². The van der Waals surface area contributed by atoms with Crippen LogP contribution in [0.1, 0.15) is 45.0 Å². The summed E-state index contributed by atoms with van der Waals surface area (Å²) >= 11 is 0. The lowest BCUT2D eigenvalue weighted by Gasteiger charge is -2.34. The van der Waals surface area contributed by atoms with Crippen molar-refractivity contribution in [2.24, 2.45) is 0 Å². The SMILES string of the molecule is CCN1CCN(C(=O)c2cccc(B3OC(C)(C)C(C)(C)O3)c2)CC1. The highest BCUT2D eigenvalue weighted by Crippen LogP contribution is 2.36. The molecule has 2 fully saturated rings. The van der Waals surface area contributed by atoms with Crippen LogP contribution in [0.2, 0.25) is 0 Å². The maximum Gasteiger partial charge on any atom is 0.494 e. The predicted octanol–water partition coefficient (Wildman–Crippen LogP) is 1.76. The van der Waals surface area contributed by atoms with E-state index in [1.165, 1.54) is 0 Å². The van der Waals surface area contributed by atoms with Gasteiger partial charge >= 0.3 is 7.12 Å². The quantitative estimate of drug-likeness (QED) is 0.784. The molecule has 3 rings (SSSR count). The Kier molecular flexibility index (Phi) is 4.97. The van der Waals surface area contributed by atoms with Crippen molar-refractivity contribution in [3.8, 4) is 0 Å². The molecule has 136 valence electrons. The van der Waals surface area contributed by atoms with Crippen LogP contribution in [0.5, 0.6) is 0 Å². The van der Waals surface area contributed by atoms with E-state index in [2.05, 4.69) is 11.8 Å². The van der Waals surface area contributed by atoms with Gasteiger partial charge in [0, 0.05) is 31.7 Å². The standard InChI is InChI=1S/C19H29BN2O3/c1-6-21-10-12-22(13-11-21)17(23)15-8-7-9-16(14-15)20-24-18(2,3)19(4,5)25-20/h7-9,14H,6,10-13H2,1-5H3. The van der Waals surface area contributed by atoms with Crippen LogP contribution in [0, 0.1) is 0 Å². The fourth-order valence-corrected chi connectivity index (χ4v) is 3.25. The van der Waals surface area contributed by atoms with E-state index in [-0.39, 0.29) is 17.1 Å². The van der Waals surface area contributed by atoms with E-state index in [4.69, 9.17) is 9.31 Å². The molecule has 2 saturated heterocycles. The molecular formula is C19H29BN2O3. The van der Waals surface area contributed by atoms with Crippen LogP contribution in [0.4, 0.5) is 0 Å². The minimum Gasteiger partial charge on any atom is -0.399 e. The Labute approximate surface area is 151 Å². The smallest absolute Gasteiger partial charge is 0.399 e. The number of carbonyl (C=O) groups excluding carboxylic acids is 1. The van der Waals surface area contributed by atoms with E-state index < -0.39 is 7.12 Å². The lowest BCUT2D eigenvalue weighted by atomic mass is 9.78. The molecule has 5 nitrogen and oxygen atoms in total. The predicted molar refractivity (Wildman–Crippen MR) is 100 cm³/mol. The molecule has 2 aliphatic rings. The third-order valence-corrected chi connectivity index (χ3v) is 5.77. The van der Waals surface area contributed by atoms with Crippen LogP contribution >= 0.6 is 0 Å². The number of rotatable bonds is 3. The minimum atomic E-state index is -0.435. The molecule has 0 aliphatic carbocycles. The Morgan fingerprint density at radius 2 is 1.68 bits per heavy atom. The Hall–Kier alpha value is -1.37. The van der Waals surface area contributed by atoms with Gasteiger partial charge in [0.05, 0.1) is 11.2 Å². The highest BCUT2D eigenvalue weighted by molar-refractivity contribution is 6.62. The molecule has 0 spiro atoms. The lowest BCUT2D eigenvalue weighted by molar-refractivity contribution is 0.00578. The molecule has 0 aromatic heterocycles. The summed E-state index contributed by atoms with van der Waals surface area (Å²) < 4.78 is 12.2. The van der Waals surface area contributed by atoms with Gasteiger partial charge in [-0.2, -0.15) is 0 Å². The van der Waals surface area contributed by atoms with E-state index in [1.807, 2.05) is 56.9 Å². The number of amides is 1. The monoisotopic (exact) mass is 344 g/mol. The minimum absolute atomic E-state index is 0.0918. The second-order valence-corrected chi connectivity index (χ2v) is 7.94. The van der Waals surface area contributed by atoms with Gasteiger partial charge in [-0.1, -0.05) is 19.1 Å². The summed E-state index contributed by atoms with van der Waals surface area (Å²) in [6.45, 7) is 14.8. The van der Waals surface area contributed by atoms with Gasteiger partial charge in [-0.05, 0) is 51.8 Å². The van der Waals surface area contributed by atoms with E-state index in [1.54, 1.807) is 0 Å². The normalized spacial score (nSPS) is 23.1. The molecule has 1 aromatic carbocycles. The van der Waals surface area contributed by atoms with Crippen molar-refractivity contribution < 1.29 is 14.1 Å². The Balaban J connectivity index is 1.73. The molecule has 0 atom stereocenters. The molecule has 0 bridgehead atoms. The number of hydrogen-bond acceptors (Lipinski definition) is 4. The van der Waals surface area contributed by atoms with Crippen molar-refractivity contribution in [1.29, 1.82) is 0 Å². The largest absolute Gasteiger partial charge is 0.494 e. The molecule has 1 amide bonds. The fourth-order valence-electron chi connectivity index (χ4n) is 3.25. The van der Waals surface area contributed by atoms with Crippen molar-refractivity contribution in [2.45, 2.75) is 45.8 Å². The van der Waals surface area contributed by atoms with Gasteiger partial charge in [0.25, 0.3) is 5.91 Å². The topological polar surface area (TPSA) is 42.0 Å². The molecule has 6 heteroatoms. The number of benzene rings is 1. The third-order valence-electron chi connectivity index (χ3n) is 5.77. The van der Waals surface area contributed by atoms with Crippen LogP contribution in [0.25, 0.3) is 0 Å². The average Bonchev–Trinajstić information content (AvgIpc) is 2.82. The molecule has 2 aliphatic heterocycles. The number of piperazine rings is 1. The molecule has 0 saturated carbocycles. The highest BCUT2D eigenvalue weighted by atomic mass is 16.7. The second-order valence-electron chi connectivity index (χ2n) is 7.94. The van der Waals surface area contributed by atoms with Gasteiger partial charge < -0.3 is 19.1 Å². The van der Waals surface area contributed by atoms with Crippen molar-refractivity contribution in [2.75, 3.05) is 32.7 Å². The van der Waals surface area contributed by atoms with Gasteiger partial charge in [-0.25, -0.2) is 0 Å². The van der Waals surface area contributed by atoms with Crippen LogP contribution in [-0.4, -0.2) is 66.8 Å². The fraction of sp³-hybridized carbons (Fsp3) is 0.632. The molecule has 2 heterocycles. The number of nitrogens with zero attached hydrogens (tertiary/aromatic N) is 2. The van der Waals surface area contributed by atoms with Gasteiger partial charge in [0.2, 0.25) is 0 Å². The number of hydrogen-bond donors (Lipinski definition) is 0. The second kappa shape index (κ2) is 6.74. The summed E-state index contributed by atoms with van der Waals surface area (Å²) in [6, 6.07) is 7.67. The lowest BCUT2D eigenvalue weighted by Crippen LogP contribution is -2.48. The van der Waals surface area contributed by atoms with E-state index >= 15 is 0 Å². The number of carbonyl (C=O) groups is 1. The average molecular weight is 344 g/mol. The molecule has 25 heavy (non-hydrogen) atoms. The first-order chi connectivity index (χ1) is 11.7. The van der Waals surface area contributed by atoms with Crippen LogP contribution < -0.4 is 5.46 Å². The van der Waals surface area contributed by atoms with Crippen molar-refractivity contribution in [1.82, 2.24) is 9.80 Å². The zero-order chi connectivity index (χ0) is 18.2. The summed E-state index contributed by atoms with van der Waals surface area (Å²) in [7, 11) is -0.435. The maximum absolute atomic E-state index is 12.8. The Bertz CT molecular complexity index is 623. The Morgan fingerprint density at radius 3 is 2.24 bits per heavy atom. The zero-order valence-electron chi connectivity index (χ0n) is 16.0. The van der Waals surface area contributed by atoms with Crippen LogP contribution in [-0.2, 0) is 9.31 Å². The summed E-state index contributed by atoms with van der Waals surface area (Å²) in [6.07, 6.45) is 0. The third kappa shape index (κ3) is 3.61. The highest BCUT2D eigenvalue weighted by Gasteiger charge is 2.51.